The normalized spacial score (nSPS) is 13.3. The molecule has 0 saturated heterocycles. The van der Waals surface area contributed by atoms with Crippen molar-refractivity contribution in [2.45, 2.75) is 19.3 Å². The lowest BCUT2D eigenvalue weighted by Crippen LogP contribution is -2.14. The summed E-state index contributed by atoms with van der Waals surface area (Å²) in [5.41, 5.74) is 12.2. The number of pyridine rings is 1. The number of hydrogen-bond donors (Lipinski definition) is 0. The molecule has 3 nitrogen and oxygen atoms in total. The Morgan fingerprint density at radius 2 is 1.24 bits per heavy atom. The number of aromatic nitrogens is 3. The van der Waals surface area contributed by atoms with Gasteiger partial charge in [0.05, 0.1) is 16.7 Å². The van der Waals surface area contributed by atoms with E-state index in [1.165, 1.54) is 33.4 Å². The molecule has 8 rings (SSSR count). The van der Waals surface area contributed by atoms with Crippen LogP contribution in [0.5, 0.6) is 0 Å². The third-order valence-corrected chi connectivity index (χ3v) is 8.48. The van der Waals surface area contributed by atoms with E-state index < -0.39 is 0 Å². The van der Waals surface area contributed by atoms with E-state index in [9.17, 15) is 0 Å². The van der Waals surface area contributed by atoms with E-state index in [1.807, 2.05) is 18.2 Å². The van der Waals surface area contributed by atoms with Gasteiger partial charge < -0.3 is 0 Å². The summed E-state index contributed by atoms with van der Waals surface area (Å²) in [5, 5.41) is 2.10. The molecule has 0 saturated carbocycles. The second-order valence-corrected chi connectivity index (χ2v) is 11.3. The molecule has 3 heteroatoms. The van der Waals surface area contributed by atoms with Crippen molar-refractivity contribution < 1.29 is 0 Å². The van der Waals surface area contributed by atoms with E-state index in [-0.39, 0.29) is 5.41 Å². The number of fused-ring (bicyclic) bond motifs is 5. The van der Waals surface area contributed by atoms with Crippen LogP contribution in [-0.2, 0) is 5.41 Å². The molecule has 2 aromatic heterocycles. The molecule has 5 aromatic carbocycles. The van der Waals surface area contributed by atoms with Crippen LogP contribution in [0.3, 0.4) is 0 Å². The molecule has 0 spiro atoms. The van der Waals surface area contributed by atoms with Crippen LogP contribution in [0.25, 0.3) is 66.8 Å². The molecule has 0 atom stereocenters. The van der Waals surface area contributed by atoms with Gasteiger partial charge in [-0.1, -0.05) is 111 Å². The summed E-state index contributed by atoms with van der Waals surface area (Å²) >= 11 is 0. The fourth-order valence-electron chi connectivity index (χ4n) is 6.33. The van der Waals surface area contributed by atoms with Crippen molar-refractivity contribution >= 4 is 21.8 Å². The molecule has 1 aliphatic carbocycles. The summed E-state index contributed by atoms with van der Waals surface area (Å²) in [5.74, 6) is 0.713. The van der Waals surface area contributed by atoms with Crippen molar-refractivity contribution in [1.82, 2.24) is 15.0 Å². The zero-order valence-electron chi connectivity index (χ0n) is 23.0. The maximum Gasteiger partial charge on any atom is 0.160 e. The molecule has 194 valence electrons. The number of benzene rings is 5. The van der Waals surface area contributed by atoms with Gasteiger partial charge >= 0.3 is 0 Å². The van der Waals surface area contributed by atoms with E-state index in [0.29, 0.717) is 5.82 Å². The van der Waals surface area contributed by atoms with Crippen LogP contribution in [0.15, 0.2) is 127 Å². The lowest BCUT2D eigenvalue weighted by atomic mass is 9.82. The van der Waals surface area contributed by atoms with Crippen LogP contribution in [0.2, 0.25) is 0 Å². The van der Waals surface area contributed by atoms with E-state index >= 15 is 0 Å². The molecular weight excluding hydrogens is 498 g/mol. The zero-order valence-corrected chi connectivity index (χ0v) is 23.0. The van der Waals surface area contributed by atoms with Gasteiger partial charge in [0.15, 0.2) is 5.82 Å². The second kappa shape index (κ2) is 8.94. The van der Waals surface area contributed by atoms with Gasteiger partial charge in [0.1, 0.15) is 5.69 Å². The molecule has 7 aromatic rings. The second-order valence-electron chi connectivity index (χ2n) is 11.3. The molecule has 0 aliphatic heterocycles. The van der Waals surface area contributed by atoms with E-state index in [1.54, 1.807) is 0 Å². The van der Waals surface area contributed by atoms with Crippen LogP contribution in [0.1, 0.15) is 25.0 Å². The molecular formula is C38H27N3. The maximum absolute atomic E-state index is 5.16. The Morgan fingerprint density at radius 1 is 0.488 bits per heavy atom. The van der Waals surface area contributed by atoms with Crippen molar-refractivity contribution in [2.24, 2.45) is 0 Å². The van der Waals surface area contributed by atoms with Gasteiger partial charge in [-0.2, -0.15) is 0 Å². The van der Waals surface area contributed by atoms with Crippen LogP contribution >= 0.6 is 0 Å². The van der Waals surface area contributed by atoms with Gasteiger partial charge in [-0.25, -0.2) is 15.0 Å². The molecule has 41 heavy (non-hydrogen) atoms. The Kier molecular flexibility index (Phi) is 5.17. The minimum atomic E-state index is -0.0325. The van der Waals surface area contributed by atoms with Gasteiger partial charge in [-0.05, 0) is 63.7 Å². The molecule has 0 unspecified atom stereocenters. The Labute approximate surface area is 239 Å². The summed E-state index contributed by atoms with van der Waals surface area (Å²) in [7, 11) is 0. The predicted molar refractivity (Wildman–Crippen MR) is 169 cm³/mol. The quantitative estimate of drug-likeness (QED) is 0.231. The van der Waals surface area contributed by atoms with Crippen LogP contribution in [-0.4, -0.2) is 15.0 Å². The van der Waals surface area contributed by atoms with Gasteiger partial charge in [-0.3, -0.25) is 0 Å². The number of rotatable bonds is 3. The first-order valence-corrected chi connectivity index (χ1v) is 14.0. The van der Waals surface area contributed by atoms with Crippen molar-refractivity contribution in [3.8, 4) is 45.0 Å². The van der Waals surface area contributed by atoms with Crippen molar-refractivity contribution in [1.29, 1.82) is 0 Å². The number of para-hydroxylation sites is 1. The third-order valence-electron chi connectivity index (χ3n) is 8.48. The minimum Gasteiger partial charge on any atom is -0.246 e. The fraction of sp³-hybridized carbons (Fsp3) is 0.0789. The monoisotopic (exact) mass is 525 g/mol. The molecule has 0 bridgehead atoms. The molecule has 0 N–H and O–H groups in total. The number of hydrogen-bond acceptors (Lipinski definition) is 3. The summed E-state index contributed by atoms with van der Waals surface area (Å²) in [6.07, 6.45) is 0. The van der Waals surface area contributed by atoms with Crippen molar-refractivity contribution in [3.05, 3.63) is 139 Å². The topological polar surface area (TPSA) is 38.7 Å². The lowest BCUT2D eigenvalue weighted by molar-refractivity contribution is 0.660. The third kappa shape index (κ3) is 3.77. The number of nitrogens with zero attached hydrogens (tertiary/aromatic N) is 3. The SMILES string of the molecule is CC1(C)c2ccccc2-c2cc(-c3nc(-c4ccc5cc(-c6ccccc6)ccc5n4)c4ccccc4n3)ccc21. The van der Waals surface area contributed by atoms with E-state index in [2.05, 4.69) is 123 Å². The summed E-state index contributed by atoms with van der Waals surface area (Å²) in [6.45, 7) is 4.60. The molecule has 0 fully saturated rings. The van der Waals surface area contributed by atoms with Gasteiger partial charge in [0.25, 0.3) is 0 Å². The van der Waals surface area contributed by atoms with Crippen LogP contribution in [0, 0.1) is 0 Å². The highest BCUT2D eigenvalue weighted by Crippen LogP contribution is 2.49. The van der Waals surface area contributed by atoms with E-state index in [4.69, 9.17) is 15.0 Å². The highest BCUT2D eigenvalue weighted by Gasteiger charge is 2.35. The van der Waals surface area contributed by atoms with Gasteiger partial charge in [0.2, 0.25) is 0 Å². The Balaban J connectivity index is 1.27. The summed E-state index contributed by atoms with van der Waals surface area (Å²) in [4.78, 5) is 15.3. The minimum absolute atomic E-state index is 0.0325. The molecule has 0 radical (unpaired) electrons. The average Bonchev–Trinajstić information content (AvgIpc) is 3.26. The molecule has 2 heterocycles. The highest BCUT2D eigenvalue weighted by molar-refractivity contribution is 5.95. The Hall–Kier alpha value is -5.15. The smallest absolute Gasteiger partial charge is 0.160 e. The Morgan fingerprint density at radius 3 is 2.15 bits per heavy atom. The lowest BCUT2D eigenvalue weighted by Gasteiger charge is -2.21. The predicted octanol–water partition coefficient (Wildman–Crippen LogP) is 9.49. The Bertz CT molecular complexity index is 2130. The summed E-state index contributed by atoms with van der Waals surface area (Å²) in [6, 6.07) is 44.7. The fourth-order valence-corrected chi connectivity index (χ4v) is 6.33. The first-order chi connectivity index (χ1) is 20.1. The molecule has 1 aliphatic rings. The van der Waals surface area contributed by atoms with E-state index in [0.717, 1.165) is 38.8 Å². The first kappa shape index (κ1) is 23.7. The van der Waals surface area contributed by atoms with Gasteiger partial charge in [-0.15, -0.1) is 0 Å². The standard InChI is InChI=1S/C38H27N3/c1-38(2)31-14-8-6-12-28(31)30-23-27(16-19-32(30)38)37-40-34-15-9-7-13-29(34)36(41-37)35-21-18-26-22-25(17-20-33(26)39-35)24-10-4-3-5-11-24/h3-23H,1-2H3. The zero-order chi connectivity index (χ0) is 27.6. The van der Waals surface area contributed by atoms with Crippen molar-refractivity contribution in [3.63, 3.8) is 0 Å². The first-order valence-electron chi connectivity index (χ1n) is 14.0. The van der Waals surface area contributed by atoms with Crippen LogP contribution < -0.4 is 0 Å². The van der Waals surface area contributed by atoms with Crippen molar-refractivity contribution in [2.75, 3.05) is 0 Å². The average molecular weight is 526 g/mol. The maximum atomic E-state index is 5.16. The highest BCUT2D eigenvalue weighted by atomic mass is 14.9. The van der Waals surface area contributed by atoms with Gasteiger partial charge in [0, 0.05) is 21.8 Å². The largest absolute Gasteiger partial charge is 0.246 e. The summed E-state index contributed by atoms with van der Waals surface area (Å²) < 4.78 is 0. The van der Waals surface area contributed by atoms with Crippen LogP contribution in [0.4, 0.5) is 0 Å². The molecule has 0 amide bonds.